The number of likely N-dealkylation sites (N-methyl/N-ethyl adjacent to an activating group) is 1. The second kappa shape index (κ2) is 5.99. The summed E-state index contributed by atoms with van der Waals surface area (Å²) in [4.78, 5) is 0. The Kier molecular flexibility index (Phi) is 4.66. The zero-order valence-electron chi connectivity index (χ0n) is 13.9. The molecule has 1 fully saturated rings. The number of hydrogen-bond acceptors (Lipinski definition) is 4. The van der Waals surface area contributed by atoms with Crippen LogP contribution in [0.3, 0.4) is 0 Å². The summed E-state index contributed by atoms with van der Waals surface area (Å²) in [5, 5.41) is 3.14. The Balaban J connectivity index is 2.00. The summed E-state index contributed by atoms with van der Waals surface area (Å²) in [6, 6.07) is 8.25. The zero-order valence-corrected chi connectivity index (χ0v) is 13.9. The summed E-state index contributed by atoms with van der Waals surface area (Å²) in [7, 11) is 1.61. The molecular weight excluding hydrogens is 265 g/mol. The van der Waals surface area contributed by atoms with Gasteiger partial charge in [0.25, 0.3) is 0 Å². The second-order valence-corrected chi connectivity index (χ2v) is 6.66. The van der Waals surface area contributed by atoms with Crippen molar-refractivity contribution in [3.05, 3.63) is 24.3 Å². The van der Waals surface area contributed by atoms with Crippen molar-refractivity contribution >= 4 is 12.6 Å². The van der Waals surface area contributed by atoms with Crippen LogP contribution in [0.4, 0.5) is 0 Å². The van der Waals surface area contributed by atoms with Gasteiger partial charge in [0.2, 0.25) is 0 Å². The van der Waals surface area contributed by atoms with Gasteiger partial charge < -0.3 is 19.4 Å². The lowest BCUT2D eigenvalue weighted by Crippen LogP contribution is -2.41. The van der Waals surface area contributed by atoms with Gasteiger partial charge in [-0.15, -0.1) is 0 Å². The smallest absolute Gasteiger partial charge is 0.492 e. The Labute approximate surface area is 128 Å². The molecule has 1 aliphatic heterocycles. The highest BCUT2D eigenvalue weighted by atomic mass is 16.7. The molecular formula is C16H26BNO3. The first kappa shape index (κ1) is 16.3. The van der Waals surface area contributed by atoms with Crippen LogP contribution in [0, 0.1) is 0 Å². The molecule has 1 saturated heterocycles. The molecule has 0 aliphatic carbocycles. The van der Waals surface area contributed by atoms with E-state index in [1.54, 1.807) is 0 Å². The Hall–Kier alpha value is -1.04. The molecule has 0 aromatic heterocycles. The summed E-state index contributed by atoms with van der Waals surface area (Å²) in [6.45, 7) is 11.0. The lowest BCUT2D eigenvalue weighted by atomic mass is 9.79. The number of hydrogen-bond donors (Lipinski definition) is 1. The Morgan fingerprint density at radius 3 is 2.10 bits per heavy atom. The fourth-order valence-corrected chi connectivity index (χ4v) is 2.00. The molecule has 0 bridgehead atoms. The van der Waals surface area contributed by atoms with Crippen molar-refractivity contribution < 1.29 is 14.0 Å². The van der Waals surface area contributed by atoms with E-state index in [2.05, 4.69) is 39.9 Å². The van der Waals surface area contributed by atoms with Crippen molar-refractivity contribution in [3.63, 3.8) is 0 Å². The molecule has 0 radical (unpaired) electrons. The number of ether oxygens (including phenoxy) is 1. The predicted octanol–water partition coefficient (Wildman–Crippen LogP) is 1.97. The maximum absolute atomic E-state index is 6.03. The molecule has 21 heavy (non-hydrogen) atoms. The number of benzene rings is 1. The van der Waals surface area contributed by atoms with Crippen molar-refractivity contribution in [1.82, 2.24) is 5.32 Å². The van der Waals surface area contributed by atoms with E-state index >= 15 is 0 Å². The average molecular weight is 291 g/mol. The van der Waals surface area contributed by atoms with Crippen LogP contribution in [-0.2, 0) is 9.31 Å². The topological polar surface area (TPSA) is 39.7 Å². The molecule has 0 spiro atoms. The van der Waals surface area contributed by atoms with Crippen LogP contribution < -0.4 is 15.5 Å². The molecule has 0 saturated carbocycles. The van der Waals surface area contributed by atoms with E-state index in [4.69, 9.17) is 14.0 Å². The maximum Gasteiger partial charge on any atom is 0.494 e. The number of nitrogens with one attached hydrogen (secondary N) is 1. The monoisotopic (exact) mass is 291 g/mol. The van der Waals surface area contributed by atoms with E-state index in [9.17, 15) is 0 Å². The largest absolute Gasteiger partial charge is 0.494 e. The van der Waals surface area contributed by atoms with Crippen LogP contribution in [0.25, 0.3) is 0 Å². The standard InChI is InChI=1S/C16H26BNO3/c1-12(18-6)11-19-14-9-7-13(8-10-14)17-20-15(2,3)16(4,5)21-17/h7-10,12,18H,11H2,1-6H3. The van der Waals surface area contributed by atoms with E-state index in [0.717, 1.165) is 11.2 Å². The first-order valence-corrected chi connectivity index (χ1v) is 7.51. The summed E-state index contributed by atoms with van der Waals surface area (Å²) in [5.41, 5.74) is 0.395. The normalized spacial score (nSPS) is 21.3. The fraction of sp³-hybridized carbons (Fsp3) is 0.625. The molecule has 1 N–H and O–H groups in total. The molecule has 1 heterocycles. The average Bonchev–Trinajstić information content (AvgIpc) is 2.65. The van der Waals surface area contributed by atoms with Crippen LogP contribution in [0.15, 0.2) is 24.3 Å². The van der Waals surface area contributed by atoms with Gasteiger partial charge in [-0.2, -0.15) is 0 Å². The quantitative estimate of drug-likeness (QED) is 0.842. The Bertz CT molecular complexity index is 457. The molecule has 0 amide bonds. The third kappa shape index (κ3) is 3.60. The van der Waals surface area contributed by atoms with Gasteiger partial charge in [-0.25, -0.2) is 0 Å². The van der Waals surface area contributed by atoms with Crippen molar-refractivity contribution in [2.75, 3.05) is 13.7 Å². The predicted molar refractivity (Wildman–Crippen MR) is 86.2 cm³/mol. The fourth-order valence-electron chi connectivity index (χ4n) is 2.00. The van der Waals surface area contributed by atoms with Gasteiger partial charge in [-0.05, 0) is 59.3 Å². The molecule has 1 unspecified atom stereocenters. The van der Waals surface area contributed by atoms with Gasteiger partial charge in [0.1, 0.15) is 12.4 Å². The third-order valence-corrected chi connectivity index (χ3v) is 4.40. The summed E-state index contributed by atoms with van der Waals surface area (Å²) < 4.78 is 17.8. The van der Waals surface area contributed by atoms with Gasteiger partial charge in [-0.1, -0.05) is 12.1 Å². The first-order chi connectivity index (χ1) is 9.75. The van der Waals surface area contributed by atoms with Crippen LogP contribution in [0.1, 0.15) is 34.6 Å². The van der Waals surface area contributed by atoms with Crippen molar-refractivity contribution in [2.45, 2.75) is 51.9 Å². The third-order valence-electron chi connectivity index (χ3n) is 4.40. The van der Waals surface area contributed by atoms with Gasteiger partial charge in [0.15, 0.2) is 0 Å². The van der Waals surface area contributed by atoms with Crippen molar-refractivity contribution in [3.8, 4) is 5.75 Å². The summed E-state index contributed by atoms with van der Waals surface area (Å²) in [5.74, 6) is 0.859. The first-order valence-electron chi connectivity index (χ1n) is 7.51. The minimum absolute atomic E-state index is 0.310. The molecule has 1 atom stereocenters. The minimum Gasteiger partial charge on any atom is -0.492 e. The molecule has 1 aromatic carbocycles. The van der Waals surface area contributed by atoms with Crippen molar-refractivity contribution in [1.29, 1.82) is 0 Å². The summed E-state index contributed by atoms with van der Waals surface area (Å²) in [6.07, 6.45) is 0. The highest BCUT2D eigenvalue weighted by molar-refractivity contribution is 6.62. The SMILES string of the molecule is CNC(C)COc1ccc(B2OC(C)(C)C(C)(C)O2)cc1. The van der Waals surface area contributed by atoms with E-state index in [1.165, 1.54) is 0 Å². The minimum atomic E-state index is -0.319. The lowest BCUT2D eigenvalue weighted by Gasteiger charge is -2.32. The zero-order chi connectivity index (χ0) is 15.7. The van der Waals surface area contributed by atoms with Gasteiger partial charge >= 0.3 is 7.12 Å². The van der Waals surface area contributed by atoms with Crippen LogP contribution in [-0.4, -0.2) is 38.0 Å². The Morgan fingerprint density at radius 1 is 1.10 bits per heavy atom. The molecule has 5 heteroatoms. The molecule has 1 aliphatic rings. The molecule has 116 valence electrons. The van der Waals surface area contributed by atoms with Gasteiger partial charge in [0, 0.05) is 6.04 Å². The van der Waals surface area contributed by atoms with Crippen LogP contribution in [0.2, 0.25) is 0 Å². The van der Waals surface area contributed by atoms with Crippen LogP contribution in [0.5, 0.6) is 5.75 Å². The Morgan fingerprint density at radius 2 is 1.62 bits per heavy atom. The van der Waals surface area contributed by atoms with Crippen LogP contribution >= 0.6 is 0 Å². The van der Waals surface area contributed by atoms with E-state index in [-0.39, 0.29) is 18.3 Å². The molecule has 1 aromatic rings. The lowest BCUT2D eigenvalue weighted by molar-refractivity contribution is 0.00578. The maximum atomic E-state index is 6.03. The van der Waals surface area contributed by atoms with E-state index in [0.29, 0.717) is 12.6 Å². The van der Waals surface area contributed by atoms with E-state index < -0.39 is 0 Å². The molecule has 4 nitrogen and oxygen atoms in total. The van der Waals surface area contributed by atoms with E-state index in [1.807, 2.05) is 31.3 Å². The molecule has 2 rings (SSSR count). The highest BCUT2D eigenvalue weighted by Crippen LogP contribution is 2.36. The summed E-state index contributed by atoms with van der Waals surface area (Å²) >= 11 is 0. The second-order valence-electron chi connectivity index (χ2n) is 6.66. The van der Waals surface area contributed by atoms with Gasteiger partial charge in [-0.3, -0.25) is 0 Å². The number of rotatable bonds is 5. The highest BCUT2D eigenvalue weighted by Gasteiger charge is 2.51. The van der Waals surface area contributed by atoms with Gasteiger partial charge in [0.05, 0.1) is 11.2 Å². The van der Waals surface area contributed by atoms with Crippen molar-refractivity contribution in [2.24, 2.45) is 0 Å².